The molecule has 1 fully saturated rings. The van der Waals surface area contributed by atoms with E-state index in [2.05, 4.69) is 5.32 Å². The van der Waals surface area contributed by atoms with E-state index in [4.69, 9.17) is 14.7 Å². The highest BCUT2D eigenvalue weighted by Crippen LogP contribution is 2.33. The lowest BCUT2D eigenvalue weighted by molar-refractivity contribution is -0.141. The molecule has 154 valence electrons. The molecule has 0 radical (unpaired) electrons. The lowest BCUT2D eigenvalue weighted by atomic mass is 9.87. The molecule has 1 saturated heterocycles. The van der Waals surface area contributed by atoms with Crippen LogP contribution in [-0.4, -0.2) is 36.0 Å². The Morgan fingerprint density at radius 2 is 1.87 bits per heavy atom. The van der Waals surface area contributed by atoms with Crippen molar-refractivity contribution in [3.05, 3.63) is 59.7 Å². The summed E-state index contributed by atoms with van der Waals surface area (Å²) < 4.78 is 10.7. The largest absolute Gasteiger partial charge is 0.490 e. The van der Waals surface area contributed by atoms with Crippen LogP contribution in [0.5, 0.6) is 11.5 Å². The molecule has 0 aliphatic carbocycles. The molecular weight excluding hydrogens is 386 g/mol. The van der Waals surface area contributed by atoms with Crippen LogP contribution >= 0.6 is 0 Å². The quantitative estimate of drug-likeness (QED) is 0.429. The molecule has 8 nitrogen and oxygen atoms in total. The summed E-state index contributed by atoms with van der Waals surface area (Å²) in [6.45, 7) is 3.30. The Bertz CT molecular complexity index is 1020. The SMILES string of the molecule is CCOc1cc(C#N)ccc1OC(=O)CN1C(=O)NC(CC)(c2ccccc2)C1=O. The van der Waals surface area contributed by atoms with Gasteiger partial charge >= 0.3 is 12.0 Å². The summed E-state index contributed by atoms with van der Waals surface area (Å²) in [7, 11) is 0. The fourth-order valence-corrected chi connectivity index (χ4v) is 3.35. The molecule has 2 aromatic rings. The van der Waals surface area contributed by atoms with Gasteiger partial charge in [-0.1, -0.05) is 37.3 Å². The van der Waals surface area contributed by atoms with Crippen molar-refractivity contribution in [1.82, 2.24) is 10.2 Å². The summed E-state index contributed by atoms with van der Waals surface area (Å²) in [6.07, 6.45) is 0.331. The second-order valence-electron chi connectivity index (χ2n) is 6.63. The molecule has 0 saturated carbocycles. The lowest BCUT2D eigenvalue weighted by Gasteiger charge is -2.25. The van der Waals surface area contributed by atoms with Gasteiger partial charge in [0.05, 0.1) is 18.2 Å². The minimum Gasteiger partial charge on any atom is -0.490 e. The zero-order valence-electron chi connectivity index (χ0n) is 16.7. The second kappa shape index (κ2) is 8.66. The molecule has 1 unspecified atom stereocenters. The molecule has 0 aromatic heterocycles. The Kier molecular flexibility index (Phi) is 6.02. The zero-order chi connectivity index (χ0) is 21.7. The predicted molar refractivity (Wildman–Crippen MR) is 107 cm³/mol. The maximum absolute atomic E-state index is 13.1. The Hall–Kier alpha value is -3.86. The maximum atomic E-state index is 13.1. The number of imide groups is 1. The molecule has 1 N–H and O–H groups in total. The van der Waals surface area contributed by atoms with Crippen molar-refractivity contribution in [2.24, 2.45) is 0 Å². The van der Waals surface area contributed by atoms with Gasteiger partial charge in [-0.15, -0.1) is 0 Å². The summed E-state index contributed by atoms with van der Waals surface area (Å²) in [5.41, 5.74) is -0.223. The number of nitrogens with one attached hydrogen (secondary N) is 1. The van der Waals surface area contributed by atoms with E-state index in [1.165, 1.54) is 18.2 Å². The Morgan fingerprint density at radius 3 is 2.50 bits per heavy atom. The van der Waals surface area contributed by atoms with Gasteiger partial charge in [0.1, 0.15) is 12.1 Å². The standard InChI is InChI=1S/C22H21N3O5/c1-3-22(16-8-6-5-7-9-16)20(27)25(21(28)24-22)14-19(26)30-17-11-10-15(13-23)12-18(17)29-4-2/h5-12H,3-4,14H2,1-2H3,(H,24,28). The van der Waals surface area contributed by atoms with E-state index < -0.39 is 30.0 Å². The third kappa shape index (κ3) is 3.82. The van der Waals surface area contributed by atoms with E-state index >= 15 is 0 Å². The number of ether oxygens (including phenoxy) is 2. The number of nitriles is 1. The van der Waals surface area contributed by atoms with Gasteiger partial charge in [-0.25, -0.2) is 9.59 Å². The number of carbonyl (C=O) groups excluding carboxylic acids is 3. The minimum absolute atomic E-state index is 0.109. The van der Waals surface area contributed by atoms with E-state index in [1.54, 1.807) is 38.1 Å². The molecule has 0 bridgehead atoms. The van der Waals surface area contributed by atoms with Gasteiger partial charge in [0, 0.05) is 6.07 Å². The molecule has 1 heterocycles. The van der Waals surface area contributed by atoms with E-state index in [0.717, 1.165) is 4.90 Å². The average molecular weight is 407 g/mol. The van der Waals surface area contributed by atoms with Gasteiger partial charge in [-0.05, 0) is 31.0 Å². The first-order valence-electron chi connectivity index (χ1n) is 9.52. The van der Waals surface area contributed by atoms with E-state index in [1.807, 2.05) is 12.1 Å². The molecule has 8 heteroatoms. The number of benzene rings is 2. The number of rotatable bonds is 7. The van der Waals surface area contributed by atoms with Gasteiger partial charge in [0.25, 0.3) is 5.91 Å². The van der Waals surface area contributed by atoms with Crippen LogP contribution in [0.1, 0.15) is 31.4 Å². The summed E-state index contributed by atoms with van der Waals surface area (Å²) in [4.78, 5) is 38.9. The van der Waals surface area contributed by atoms with Gasteiger partial charge in [0.2, 0.25) is 0 Å². The van der Waals surface area contributed by atoms with Crippen LogP contribution in [0, 0.1) is 11.3 Å². The highest BCUT2D eigenvalue weighted by molar-refractivity contribution is 6.09. The second-order valence-corrected chi connectivity index (χ2v) is 6.63. The molecule has 3 rings (SSSR count). The molecule has 3 amide bonds. The number of urea groups is 1. The van der Waals surface area contributed by atoms with Crippen LogP contribution in [0.4, 0.5) is 4.79 Å². The summed E-state index contributed by atoms with van der Waals surface area (Å²) >= 11 is 0. The first kappa shape index (κ1) is 20.9. The summed E-state index contributed by atoms with van der Waals surface area (Å²) in [5.74, 6) is -0.973. The number of carbonyl (C=O) groups is 3. The first-order valence-corrected chi connectivity index (χ1v) is 9.52. The van der Waals surface area contributed by atoms with Crippen molar-refractivity contribution in [2.75, 3.05) is 13.2 Å². The molecule has 30 heavy (non-hydrogen) atoms. The number of amides is 3. The van der Waals surface area contributed by atoms with Crippen LogP contribution in [0.25, 0.3) is 0 Å². The first-order chi connectivity index (χ1) is 14.4. The monoisotopic (exact) mass is 407 g/mol. The Morgan fingerprint density at radius 1 is 1.13 bits per heavy atom. The van der Waals surface area contributed by atoms with Gasteiger partial charge in [-0.2, -0.15) is 5.26 Å². The lowest BCUT2D eigenvalue weighted by Crippen LogP contribution is -2.44. The van der Waals surface area contributed by atoms with Crippen molar-refractivity contribution in [2.45, 2.75) is 25.8 Å². The van der Waals surface area contributed by atoms with E-state index in [-0.39, 0.29) is 11.5 Å². The smallest absolute Gasteiger partial charge is 0.331 e. The predicted octanol–water partition coefficient (Wildman–Crippen LogP) is 2.72. The van der Waals surface area contributed by atoms with Crippen molar-refractivity contribution in [3.8, 4) is 17.6 Å². The fourth-order valence-electron chi connectivity index (χ4n) is 3.35. The van der Waals surface area contributed by atoms with Gasteiger partial charge in [-0.3, -0.25) is 9.69 Å². The van der Waals surface area contributed by atoms with Crippen LogP contribution in [0.3, 0.4) is 0 Å². The van der Waals surface area contributed by atoms with Crippen LogP contribution in [0.2, 0.25) is 0 Å². The van der Waals surface area contributed by atoms with Crippen LogP contribution in [0.15, 0.2) is 48.5 Å². The van der Waals surface area contributed by atoms with Crippen molar-refractivity contribution in [3.63, 3.8) is 0 Å². The highest BCUT2D eigenvalue weighted by atomic mass is 16.6. The third-order valence-electron chi connectivity index (χ3n) is 4.86. The summed E-state index contributed by atoms with van der Waals surface area (Å²) in [6, 6.07) is 14.6. The topological polar surface area (TPSA) is 109 Å². The van der Waals surface area contributed by atoms with E-state index in [0.29, 0.717) is 24.2 Å². The van der Waals surface area contributed by atoms with E-state index in [9.17, 15) is 14.4 Å². The molecule has 1 aliphatic rings. The van der Waals surface area contributed by atoms with Crippen molar-refractivity contribution in [1.29, 1.82) is 5.26 Å². The molecule has 2 aromatic carbocycles. The average Bonchev–Trinajstić information content (AvgIpc) is 3.00. The molecule has 0 spiro atoms. The number of esters is 1. The highest BCUT2D eigenvalue weighted by Gasteiger charge is 2.51. The van der Waals surface area contributed by atoms with Crippen LogP contribution < -0.4 is 14.8 Å². The third-order valence-corrected chi connectivity index (χ3v) is 4.86. The zero-order valence-corrected chi connectivity index (χ0v) is 16.7. The van der Waals surface area contributed by atoms with Crippen LogP contribution in [-0.2, 0) is 15.1 Å². The molecular formula is C22H21N3O5. The number of hydrogen-bond donors (Lipinski definition) is 1. The van der Waals surface area contributed by atoms with Crippen molar-refractivity contribution < 1.29 is 23.9 Å². The minimum atomic E-state index is -1.22. The number of nitrogens with zero attached hydrogens (tertiary/aromatic N) is 2. The number of hydrogen-bond acceptors (Lipinski definition) is 6. The van der Waals surface area contributed by atoms with Crippen molar-refractivity contribution >= 4 is 17.9 Å². The fraction of sp³-hybridized carbons (Fsp3) is 0.273. The van der Waals surface area contributed by atoms with Gasteiger partial charge in [0.15, 0.2) is 11.5 Å². The van der Waals surface area contributed by atoms with Gasteiger partial charge < -0.3 is 14.8 Å². The maximum Gasteiger partial charge on any atom is 0.331 e. The molecule has 1 atom stereocenters. The Labute approximate surface area is 174 Å². The Balaban J connectivity index is 1.78. The normalized spacial score (nSPS) is 18.0. The summed E-state index contributed by atoms with van der Waals surface area (Å²) in [5, 5.41) is 11.7. The molecule has 1 aliphatic heterocycles.